The molecule has 0 spiro atoms. The third-order valence-electron chi connectivity index (χ3n) is 5.98. The number of nitrogens with one attached hydrogen (secondary N) is 1. The average molecular weight is 498 g/mol. The fourth-order valence-electron chi connectivity index (χ4n) is 4.14. The zero-order chi connectivity index (χ0) is 23.5. The van der Waals surface area contributed by atoms with Gasteiger partial charge in [-0.3, -0.25) is 9.89 Å². The third-order valence-corrected chi connectivity index (χ3v) is 7.70. The zero-order valence-corrected chi connectivity index (χ0v) is 20.9. The molecule has 0 radical (unpaired) electrons. The van der Waals surface area contributed by atoms with Crippen LogP contribution in [0.1, 0.15) is 24.6 Å². The molecule has 1 saturated heterocycles. The van der Waals surface area contributed by atoms with Gasteiger partial charge in [-0.15, -0.1) is 16.4 Å². The second kappa shape index (κ2) is 10.1. The van der Waals surface area contributed by atoms with E-state index in [-0.39, 0.29) is 5.91 Å². The number of aryl methyl sites for hydroxylation is 1. The SMILES string of the molecule is CCc1cc2c(N3CCN(C(=O)CCCOc4cccc5[nH]nnc45)CC3)nc(SC)nc2s1. The van der Waals surface area contributed by atoms with Crippen LogP contribution < -0.4 is 9.64 Å². The van der Waals surface area contributed by atoms with E-state index in [1.54, 1.807) is 23.1 Å². The van der Waals surface area contributed by atoms with Crippen LogP contribution in [0, 0.1) is 0 Å². The van der Waals surface area contributed by atoms with Crippen molar-refractivity contribution in [3.05, 3.63) is 29.1 Å². The van der Waals surface area contributed by atoms with Gasteiger partial charge in [-0.1, -0.05) is 30.0 Å². The zero-order valence-electron chi connectivity index (χ0n) is 19.3. The van der Waals surface area contributed by atoms with Gasteiger partial charge in [-0.25, -0.2) is 9.97 Å². The molecule has 9 nitrogen and oxygen atoms in total. The number of rotatable bonds is 8. The molecule has 0 aliphatic carbocycles. The largest absolute Gasteiger partial charge is 0.491 e. The maximum absolute atomic E-state index is 12.8. The van der Waals surface area contributed by atoms with Crippen LogP contribution in [0.2, 0.25) is 0 Å². The molecule has 1 fully saturated rings. The molecule has 4 heterocycles. The summed E-state index contributed by atoms with van der Waals surface area (Å²) in [6.07, 6.45) is 4.12. The van der Waals surface area contributed by atoms with Gasteiger partial charge in [0.1, 0.15) is 16.4 Å². The Morgan fingerprint density at radius 2 is 2.09 bits per heavy atom. The number of hydrogen-bond acceptors (Lipinski definition) is 9. The highest BCUT2D eigenvalue weighted by molar-refractivity contribution is 7.98. The third kappa shape index (κ3) is 4.67. The highest BCUT2D eigenvalue weighted by atomic mass is 32.2. The monoisotopic (exact) mass is 497 g/mol. The lowest BCUT2D eigenvalue weighted by Crippen LogP contribution is -2.49. The number of thiophene rings is 1. The van der Waals surface area contributed by atoms with Crippen molar-refractivity contribution in [1.29, 1.82) is 0 Å². The van der Waals surface area contributed by atoms with E-state index >= 15 is 0 Å². The van der Waals surface area contributed by atoms with Crippen molar-refractivity contribution in [2.24, 2.45) is 0 Å². The predicted molar refractivity (Wildman–Crippen MR) is 136 cm³/mol. The predicted octanol–water partition coefficient (Wildman–Crippen LogP) is 3.75. The molecule has 5 rings (SSSR count). The van der Waals surface area contributed by atoms with E-state index in [0.29, 0.717) is 43.8 Å². The van der Waals surface area contributed by atoms with Gasteiger partial charge in [0, 0.05) is 37.5 Å². The Morgan fingerprint density at radius 1 is 1.24 bits per heavy atom. The van der Waals surface area contributed by atoms with Crippen molar-refractivity contribution in [2.75, 3.05) is 43.9 Å². The first-order valence-electron chi connectivity index (χ1n) is 11.5. The number of anilines is 1. The van der Waals surface area contributed by atoms with Gasteiger partial charge in [0.05, 0.1) is 17.5 Å². The van der Waals surface area contributed by atoms with E-state index < -0.39 is 0 Å². The Hall–Kier alpha value is -2.92. The Morgan fingerprint density at radius 3 is 2.88 bits per heavy atom. The van der Waals surface area contributed by atoms with E-state index in [9.17, 15) is 4.79 Å². The second-order valence-corrected chi connectivity index (χ2v) is 9.99. The molecule has 1 aliphatic rings. The molecule has 1 aromatic carbocycles. The van der Waals surface area contributed by atoms with Crippen LogP contribution in [0.3, 0.4) is 0 Å². The van der Waals surface area contributed by atoms with Crippen molar-refractivity contribution >= 4 is 56.1 Å². The lowest BCUT2D eigenvalue weighted by atomic mass is 10.2. The smallest absolute Gasteiger partial charge is 0.222 e. The number of thioether (sulfide) groups is 1. The minimum Gasteiger partial charge on any atom is -0.491 e. The van der Waals surface area contributed by atoms with Crippen molar-refractivity contribution in [3.63, 3.8) is 0 Å². The highest BCUT2D eigenvalue weighted by Gasteiger charge is 2.24. The first-order chi connectivity index (χ1) is 16.7. The quantitative estimate of drug-likeness (QED) is 0.223. The summed E-state index contributed by atoms with van der Waals surface area (Å²) in [7, 11) is 0. The Bertz CT molecular complexity index is 1300. The van der Waals surface area contributed by atoms with Crippen LogP contribution in [-0.2, 0) is 11.2 Å². The molecule has 11 heteroatoms. The molecule has 1 N–H and O–H groups in total. The normalized spacial score (nSPS) is 14.3. The first-order valence-corrected chi connectivity index (χ1v) is 13.5. The molecule has 0 saturated carbocycles. The first kappa shape index (κ1) is 22.9. The lowest BCUT2D eigenvalue weighted by molar-refractivity contribution is -0.131. The molecule has 1 aliphatic heterocycles. The number of piperazine rings is 1. The van der Waals surface area contributed by atoms with Gasteiger partial charge in [0.2, 0.25) is 5.91 Å². The average Bonchev–Trinajstić information content (AvgIpc) is 3.53. The van der Waals surface area contributed by atoms with E-state index in [1.165, 1.54) is 4.88 Å². The van der Waals surface area contributed by atoms with Gasteiger partial charge in [0.25, 0.3) is 0 Å². The Kier molecular flexibility index (Phi) is 6.82. The molecule has 3 aromatic heterocycles. The Balaban J connectivity index is 1.15. The van der Waals surface area contributed by atoms with Gasteiger partial charge in [0.15, 0.2) is 10.7 Å². The van der Waals surface area contributed by atoms with Crippen LogP contribution in [0.5, 0.6) is 5.75 Å². The van der Waals surface area contributed by atoms with E-state index in [4.69, 9.17) is 14.7 Å². The molecular weight excluding hydrogens is 470 g/mol. The number of H-pyrrole nitrogens is 1. The number of benzene rings is 1. The minimum absolute atomic E-state index is 0.171. The molecule has 34 heavy (non-hydrogen) atoms. The van der Waals surface area contributed by atoms with Crippen LogP contribution >= 0.6 is 23.1 Å². The van der Waals surface area contributed by atoms with Gasteiger partial charge >= 0.3 is 0 Å². The van der Waals surface area contributed by atoms with Crippen LogP contribution in [0.25, 0.3) is 21.3 Å². The van der Waals surface area contributed by atoms with Crippen LogP contribution in [0.15, 0.2) is 29.4 Å². The van der Waals surface area contributed by atoms with E-state index in [1.807, 2.05) is 29.4 Å². The van der Waals surface area contributed by atoms with Crippen LogP contribution in [0.4, 0.5) is 5.82 Å². The maximum Gasteiger partial charge on any atom is 0.222 e. The summed E-state index contributed by atoms with van der Waals surface area (Å²) in [5, 5.41) is 12.6. The fraction of sp³-hybridized carbons (Fsp3) is 0.435. The van der Waals surface area contributed by atoms with Crippen molar-refractivity contribution in [1.82, 2.24) is 30.3 Å². The number of carbonyl (C=O) groups excluding carboxylic acids is 1. The molecule has 0 unspecified atom stereocenters. The van der Waals surface area contributed by atoms with Gasteiger partial charge < -0.3 is 14.5 Å². The van der Waals surface area contributed by atoms with Crippen molar-refractivity contribution in [3.8, 4) is 5.75 Å². The molecule has 4 aromatic rings. The fourth-order valence-corrected chi connectivity index (χ4v) is 5.52. The number of fused-ring (bicyclic) bond motifs is 2. The summed E-state index contributed by atoms with van der Waals surface area (Å²) < 4.78 is 5.85. The summed E-state index contributed by atoms with van der Waals surface area (Å²) in [6, 6.07) is 7.89. The molecular formula is C23H27N7O2S2. The van der Waals surface area contributed by atoms with Gasteiger partial charge in [-0.05, 0) is 37.3 Å². The molecule has 1 amide bonds. The maximum atomic E-state index is 12.8. The van der Waals surface area contributed by atoms with E-state index in [0.717, 1.165) is 46.2 Å². The number of ether oxygens (including phenoxy) is 1. The molecule has 0 atom stereocenters. The summed E-state index contributed by atoms with van der Waals surface area (Å²) in [6.45, 7) is 5.57. The number of carbonyl (C=O) groups is 1. The Labute approximate surface area is 205 Å². The standard InChI is InChI=1S/C23H27N7O2S2/c1-3-15-14-16-21(24-23(33-2)25-22(16)34-15)30-11-9-29(10-12-30)19(31)8-5-13-32-18-7-4-6-17-20(18)27-28-26-17/h4,6-7,14H,3,5,8-13H2,1-2H3,(H,26,27,28). The van der Waals surface area contributed by atoms with Crippen molar-refractivity contribution < 1.29 is 9.53 Å². The highest BCUT2D eigenvalue weighted by Crippen LogP contribution is 2.33. The van der Waals surface area contributed by atoms with E-state index in [2.05, 4.69) is 33.3 Å². The summed E-state index contributed by atoms with van der Waals surface area (Å²) in [5.41, 5.74) is 1.55. The number of hydrogen-bond donors (Lipinski definition) is 1. The number of amides is 1. The minimum atomic E-state index is 0.171. The number of aromatic amines is 1. The topological polar surface area (TPSA) is 100 Å². The second-order valence-electron chi connectivity index (χ2n) is 8.10. The number of aromatic nitrogens is 5. The lowest BCUT2D eigenvalue weighted by Gasteiger charge is -2.35. The van der Waals surface area contributed by atoms with Crippen LogP contribution in [-0.4, -0.2) is 75.2 Å². The molecule has 0 bridgehead atoms. The summed E-state index contributed by atoms with van der Waals surface area (Å²) in [5.74, 6) is 1.85. The summed E-state index contributed by atoms with van der Waals surface area (Å²) >= 11 is 3.31. The van der Waals surface area contributed by atoms with Crippen molar-refractivity contribution in [2.45, 2.75) is 31.3 Å². The number of nitrogens with zero attached hydrogens (tertiary/aromatic N) is 6. The summed E-state index contributed by atoms with van der Waals surface area (Å²) in [4.78, 5) is 28.9. The molecule has 178 valence electrons. The van der Waals surface area contributed by atoms with Gasteiger partial charge in [-0.2, -0.15) is 0 Å².